The maximum absolute atomic E-state index is 4.57. The Morgan fingerprint density at radius 1 is 1.07 bits per heavy atom. The third-order valence-electron chi connectivity index (χ3n) is 5.87. The molecule has 5 nitrogen and oxygen atoms in total. The molecule has 142 valence electrons. The van der Waals surface area contributed by atoms with Gasteiger partial charge in [0.2, 0.25) is 0 Å². The molecule has 0 atom stereocenters. The van der Waals surface area contributed by atoms with Gasteiger partial charge in [-0.3, -0.25) is 0 Å². The van der Waals surface area contributed by atoms with Gasteiger partial charge in [-0.25, -0.2) is 4.98 Å². The summed E-state index contributed by atoms with van der Waals surface area (Å²) in [7, 11) is 0. The summed E-state index contributed by atoms with van der Waals surface area (Å²) in [4.78, 5) is 6.91. The monoisotopic (exact) mass is 389 g/mol. The minimum atomic E-state index is 0.197. The number of hydrogen-bond donors (Lipinski definition) is 0. The molecule has 2 aromatic heterocycles. The van der Waals surface area contributed by atoms with Gasteiger partial charge in [-0.05, 0) is 54.1 Å². The predicted molar refractivity (Wildman–Crippen MR) is 114 cm³/mol. The maximum Gasteiger partial charge on any atom is 0.164 e. The van der Waals surface area contributed by atoms with E-state index in [1.54, 1.807) is 0 Å². The minimum Gasteiger partial charge on any atom is -0.355 e. The van der Waals surface area contributed by atoms with Crippen LogP contribution in [0, 0.1) is 0 Å². The van der Waals surface area contributed by atoms with Crippen molar-refractivity contribution >= 4 is 23.4 Å². The molecular weight excluding hydrogens is 366 g/mol. The van der Waals surface area contributed by atoms with Gasteiger partial charge in [0.1, 0.15) is 11.5 Å². The first-order valence-electron chi connectivity index (χ1n) is 9.98. The number of fused-ring (bicyclic) bond motifs is 2. The largest absolute Gasteiger partial charge is 0.355 e. The highest BCUT2D eigenvalue weighted by Gasteiger charge is 2.38. The molecule has 0 saturated carbocycles. The molecule has 1 saturated heterocycles. The zero-order valence-corrected chi connectivity index (χ0v) is 16.8. The fraction of sp³-hybridized carbons (Fsp3) is 0.364. The van der Waals surface area contributed by atoms with E-state index in [9.17, 15) is 0 Å². The molecule has 0 unspecified atom stereocenters. The van der Waals surface area contributed by atoms with Crippen LogP contribution in [0.2, 0.25) is 0 Å². The second kappa shape index (κ2) is 7.09. The zero-order valence-electron chi connectivity index (χ0n) is 16.0. The van der Waals surface area contributed by atoms with Crippen LogP contribution in [-0.4, -0.2) is 32.6 Å². The molecule has 0 N–H and O–H groups in total. The van der Waals surface area contributed by atoms with Gasteiger partial charge in [-0.1, -0.05) is 43.3 Å². The second-order valence-corrected chi connectivity index (χ2v) is 8.36. The van der Waals surface area contributed by atoms with Crippen LogP contribution < -0.4 is 4.90 Å². The van der Waals surface area contributed by atoms with Crippen molar-refractivity contribution in [3.8, 4) is 10.7 Å². The molecule has 1 aliphatic heterocycles. The van der Waals surface area contributed by atoms with E-state index in [1.165, 1.54) is 22.7 Å². The summed E-state index contributed by atoms with van der Waals surface area (Å²) < 4.78 is 4.40. The van der Waals surface area contributed by atoms with Crippen LogP contribution in [-0.2, 0) is 11.8 Å². The first kappa shape index (κ1) is 17.5. The van der Waals surface area contributed by atoms with Crippen LogP contribution in [0.1, 0.15) is 43.1 Å². The van der Waals surface area contributed by atoms with Crippen molar-refractivity contribution in [2.24, 2.45) is 0 Å². The Morgan fingerprint density at radius 3 is 2.71 bits per heavy atom. The summed E-state index contributed by atoms with van der Waals surface area (Å²) in [6, 6.07) is 12.9. The maximum atomic E-state index is 4.57. The van der Waals surface area contributed by atoms with E-state index in [-0.39, 0.29) is 5.41 Å². The molecule has 0 bridgehead atoms. The average molecular weight is 390 g/mol. The number of benzene rings is 1. The molecule has 0 radical (unpaired) electrons. The summed E-state index contributed by atoms with van der Waals surface area (Å²) >= 11 is 1.41. The molecule has 1 aromatic carbocycles. The van der Waals surface area contributed by atoms with Gasteiger partial charge in [-0.2, -0.15) is 4.37 Å². The molecule has 0 amide bonds. The molecule has 2 aliphatic rings. The molecule has 6 heteroatoms. The van der Waals surface area contributed by atoms with E-state index in [4.69, 9.17) is 0 Å². The second-order valence-electron chi connectivity index (χ2n) is 7.61. The first-order valence-corrected chi connectivity index (χ1v) is 10.8. The van der Waals surface area contributed by atoms with Crippen LogP contribution in [0.25, 0.3) is 16.8 Å². The number of anilines is 1. The number of hydrogen-bond acceptors (Lipinski definition) is 6. The summed E-state index contributed by atoms with van der Waals surface area (Å²) in [5, 5.41) is 9.77. The quantitative estimate of drug-likeness (QED) is 0.657. The van der Waals surface area contributed by atoms with Crippen molar-refractivity contribution in [1.82, 2.24) is 19.6 Å². The highest BCUT2D eigenvalue weighted by molar-refractivity contribution is 7.09. The predicted octanol–water partition coefficient (Wildman–Crippen LogP) is 4.51. The molecule has 3 aromatic rings. The fourth-order valence-electron chi connectivity index (χ4n) is 4.30. The normalized spacial score (nSPS) is 17.2. The van der Waals surface area contributed by atoms with E-state index in [2.05, 4.69) is 73.9 Å². The van der Waals surface area contributed by atoms with Gasteiger partial charge in [0.05, 0.1) is 0 Å². The molecule has 1 aliphatic carbocycles. The molecule has 1 spiro atoms. The van der Waals surface area contributed by atoms with Crippen molar-refractivity contribution < 1.29 is 0 Å². The Balaban J connectivity index is 1.29. The molecular formula is C22H23N5S. The molecule has 3 heterocycles. The number of allylic oxidation sites excluding steroid dienone is 1. The van der Waals surface area contributed by atoms with Gasteiger partial charge in [-0.15, -0.1) is 10.2 Å². The number of aromatic nitrogens is 4. The lowest BCUT2D eigenvalue weighted by molar-refractivity contribution is 0.409. The van der Waals surface area contributed by atoms with E-state index >= 15 is 0 Å². The molecule has 5 rings (SSSR count). The first-order chi connectivity index (χ1) is 13.8. The Bertz CT molecular complexity index is 1000. The Kier molecular flexibility index (Phi) is 4.43. The molecule has 28 heavy (non-hydrogen) atoms. The van der Waals surface area contributed by atoms with E-state index in [0.717, 1.165) is 61.1 Å². The Labute approximate surface area is 169 Å². The molecule has 1 fully saturated rings. The topological polar surface area (TPSA) is 54.8 Å². The van der Waals surface area contributed by atoms with E-state index in [1.807, 2.05) is 6.07 Å². The van der Waals surface area contributed by atoms with Crippen molar-refractivity contribution in [1.29, 1.82) is 0 Å². The van der Waals surface area contributed by atoms with E-state index in [0.29, 0.717) is 0 Å². The van der Waals surface area contributed by atoms with Crippen LogP contribution in [0.15, 0.2) is 42.5 Å². The highest BCUT2D eigenvalue weighted by Crippen LogP contribution is 2.44. The minimum absolute atomic E-state index is 0.197. The third-order valence-corrected chi connectivity index (χ3v) is 6.65. The Morgan fingerprint density at radius 2 is 1.93 bits per heavy atom. The number of rotatable bonds is 4. The number of nitrogens with zero attached hydrogens (tertiary/aromatic N) is 5. The fourth-order valence-corrected chi connectivity index (χ4v) is 4.97. The number of aryl methyl sites for hydroxylation is 1. The summed E-state index contributed by atoms with van der Waals surface area (Å²) in [6.07, 6.45) is 8.88. The van der Waals surface area contributed by atoms with Gasteiger partial charge in [0.25, 0.3) is 0 Å². The summed E-state index contributed by atoms with van der Waals surface area (Å²) in [5.74, 6) is 1.85. The van der Waals surface area contributed by atoms with Gasteiger partial charge >= 0.3 is 0 Å². The van der Waals surface area contributed by atoms with Gasteiger partial charge < -0.3 is 4.90 Å². The summed E-state index contributed by atoms with van der Waals surface area (Å²) in [5.41, 5.74) is 3.86. The van der Waals surface area contributed by atoms with E-state index < -0.39 is 0 Å². The lowest BCUT2D eigenvalue weighted by Crippen LogP contribution is -2.41. The lowest BCUT2D eigenvalue weighted by atomic mass is 9.74. The average Bonchev–Trinajstić information content (AvgIpc) is 3.35. The van der Waals surface area contributed by atoms with Gasteiger partial charge in [0, 0.05) is 24.9 Å². The van der Waals surface area contributed by atoms with Crippen molar-refractivity contribution in [3.05, 3.63) is 59.4 Å². The van der Waals surface area contributed by atoms with Crippen LogP contribution >= 0.6 is 11.5 Å². The van der Waals surface area contributed by atoms with Gasteiger partial charge in [0.15, 0.2) is 10.8 Å². The smallest absolute Gasteiger partial charge is 0.164 e. The van der Waals surface area contributed by atoms with Crippen molar-refractivity contribution in [2.45, 2.75) is 38.0 Å². The van der Waals surface area contributed by atoms with Crippen LogP contribution in [0.5, 0.6) is 0 Å². The summed E-state index contributed by atoms with van der Waals surface area (Å²) in [6.45, 7) is 4.12. The van der Waals surface area contributed by atoms with Crippen molar-refractivity contribution in [2.75, 3.05) is 18.0 Å². The standard InChI is InChI=1S/C22H23N5S/c1-2-5-19-23-21(28-26-19)18-8-9-20(25-24-18)27-14-12-22(13-15-27)11-10-16-6-3-4-7-17(16)22/h3-4,6-11H,2,5,12-15H2,1H3. The third kappa shape index (κ3) is 3.02. The van der Waals surface area contributed by atoms with Crippen molar-refractivity contribution in [3.63, 3.8) is 0 Å². The van der Waals surface area contributed by atoms with Crippen LogP contribution in [0.3, 0.4) is 0 Å². The highest BCUT2D eigenvalue weighted by atomic mass is 32.1. The zero-order chi connectivity index (χ0) is 19.0. The van der Waals surface area contributed by atoms with Crippen LogP contribution in [0.4, 0.5) is 5.82 Å². The Hall–Kier alpha value is -2.60. The number of piperidine rings is 1. The SMILES string of the molecule is CCCc1nsc(-c2ccc(N3CCC4(C=Cc5ccccc54)CC3)nn2)n1. The lowest BCUT2D eigenvalue weighted by Gasteiger charge is -2.39.